The Morgan fingerprint density at radius 3 is 2.27 bits per heavy atom. The number of aryl methyl sites for hydroxylation is 1. The van der Waals surface area contributed by atoms with Gasteiger partial charge in [-0.3, -0.25) is 9.59 Å². The van der Waals surface area contributed by atoms with E-state index in [1.807, 2.05) is 57.2 Å². The fraction of sp³-hybridized carbons (Fsp3) is 0.440. The molecular formula is C25H32N2O3. The summed E-state index contributed by atoms with van der Waals surface area (Å²) in [6.45, 7) is 5.77. The van der Waals surface area contributed by atoms with Gasteiger partial charge in [-0.15, -0.1) is 0 Å². The van der Waals surface area contributed by atoms with Gasteiger partial charge in [-0.2, -0.15) is 0 Å². The Balaban J connectivity index is 1.88. The Hall–Kier alpha value is -2.82. The van der Waals surface area contributed by atoms with Crippen molar-refractivity contribution in [3.8, 4) is 5.75 Å². The lowest BCUT2D eigenvalue weighted by Crippen LogP contribution is -2.42. The molecule has 1 fully saturated rings. The zero-order chi connectivity index (χ0) is 21.7. The number of carbonyl (C=O) groups excluding carboxylic acids is 2. The van der Waals surface area contributed by atoms with Crippen LogP contribution in [0.5, 0.6) is 5.75 Å². The number of hydrogen-bond acceptors (Lipinski definition) is 3. The molecule has 2 aromatic rings. The fourth-order valence-corrected chi connectivity index (χ4v) is 4.25. The van der Waals surface area contributed by atoms with Crippen molar-refractivity contribution in [2.24, 2.45) is 0 Å². The summed E-state index contributed by atoms with van der Waals surface area (Å²) in [4.78, 5) is 26.1. The van der Waals surface area contributed by atoms with Crippen molar-refractivity contribution in [1.82, 2.24) is 5.32 Å². The Bertz CT molecular complexity index is 897. The van der Waals surface area contributed by atoms with Crippen molar-refractivity contribution in [3.05, 3.63) is 59.2 Å². The monoisotopic (exact) mass is 408 g/mol. The molecule has 0 spiro atoms. The van der Waals surface area contributed by atoms with Crippen LogP contribution < -0.4 is 15.4 Å². The van der Waals surface area contributed by atoms with Crippen molar-refractivity contribution in [2.45, 2.75) is 64.3 Å². The quantitative estimate of drug-likeness (QED) is 0.708. The Morgan fingerprint density at radius 2 is 1.67 bits per heavy atom. The minimum absolute atomic E-state index is 0.00793. The molecule has 0 aliphatic heterocycles. The first-order valence-electron chi connectivity index (χ1n) is 10.7. The molecule has 1 aliphatic carbocycles. The highest BCUT2D eigenvalue weighted by Gasteiger charge is 2.41. The standard InChI is InChI=1S/C25H32N2O3/c1-17(2)26-23(28)22-16-20(11-8-18(22)3)27-24(29)25(14-6-5-7-15-25)19-9-12-21(30-4)13-10-19/h8-13,16-17H,5-7,14-15H2,1-4H3,(H,26,28)(H,27,29). The molecule has 0 radical (unpaired) electrons. The molecule has 160 valence electrons. The van der Waals surface area contributed by atoms with E-state index in [9.17, 15) is 9.59 Å². The average Bonchev–Trinajstić information content (AvgIpc) is 2.75. The predicted molar refractivity (Wildman–Crippen MR) is 120 cm³/mol. The molecular weight excluding hydrogens is 376 g/mol. The molecule has 30 heavy (non-hydrogen) atoms. The number of benzene rings is 2. The SMILES string of the molecule is COc1ccc(C2(C(=O)Nc3ccc(C)c(C(=O)NC(C)C)c3)CCCCC2)cc1. The van der Waals surface area contributed by atoms with Crippen molar-refractivity contribution in [3.63, 3.8) is 0 Å². The van der Waals surface area contributed by atoms with Crippen molar-refractivity contribution in [1.29, 1.82) is 0 Å². The van der Waals surface area contributed by atoms with E-state index in [0.29, 0.717) is 11.3 Å². The summed E-state index contributed by atoms with van der Waals surface area (Å²) in [6.07, 6.45) is 4.83. The van der Waals surface area contributed by atoms with Crippen molar-refractivity contribution in [2.75, 3.05) is 12.4 Å². The predicted octanol–water partition coefficient (Wildman–Crippen LogP) is 4.98. The van der Waals surface area contributed by atoms with Gasteiger partial charge in [0, 0.05) is 17.3 Å². The molecule has 0 atom stereocenters. The van der Waals surface area contributed by atoms with Crippen LogP contribution in [-0.4, -0.2) is 25.0 Å². The van der Waals surface area contributed by atoms with Crippen LogP contribution in [0.4, 0.5) is 5.69 Å². The summed E-state index contributed by atoms with van der Waals surface area (Å²) in [5.74, 6) is 0.650. The summed E-state index contributed by atoms with van der Waals surface area (Å²) in [6, 6.07) is 13.4. The average molecular weight is 409 g/mol. The van der Waals surface area contributed by atoms with Crippen LogP contribution in [0.3, 0.4) is 0 Å². The second-order valence-electron chi connectivity index (χ2n) is 8.48. The smallest absolute Gasteiger partial charge is 0.251 e. The molecule has 5 heteroatoms. The topological polar surface area (TPSA) is 67.4 Å². The third kappa shape index (κ3) is 4.66. The van der Waals surface area contributed by atoms with Gasteiger partial charge in [0.2, 0.25) is 5.91 Å². The number of nitrogens with one attached hydrogen (secondary N) is 2. The van der Waals surface area contributed by atoms with Crippen LogP contribution in [0.15, 0.2) is 42.5 Å². The highest BCUT2D eigenvalue weighted by atomic mass is 16.5. The first-order valence-corrected chi connectivity index (χ1v) is 10.7. The van der Waals surface area contributed by atoms with E-state index in [-0.39, 0.29) is 17.9 Å². The number of amides is 2. The van der Waals surface area contributed by atoms with Crippen molar-refractivity contribution >= 4 is 17.5 Å². The second kappa shape index (κ2) is 9.33. The molecule has 1 aliphatic rings. The van der Waals surface area contributed by atoms with Gasteiger partial charge in [-0.1, -0.05) is 37.5 Å². The minimum atomic E-state index is -0.560. The van der Waals surface area contributed by atoms with Gasteiger partial charge >= 0.3 is 0 Å². The lowest BCUT2D eigenvalue weighted by molar-refractivity contribution is -0.122. The number of methoxy groups -OCH3 is 1. The molecule has 1 saturated carbocycles. The Morgan fingerprint density at radius 1 is 1.00 bits per heavy atom. The molecule has 0 saturated heterocycles. The Labute approximate surface area is 179 Å². The molecule has 2 aromatic carbocycles. The van der Waals surface area contributed by atoms with Gasteiger partial charge in [0.25, 0.3) is 5.91 Å². The highest BCUT2D eigenvalue weighted by molar-refractivity contribution is 6.01. The molecule has 0 heterocycles. The van der Waals surface area contributed by atoms with E-state index in [1.54, 1.807) is 13.2 Å². The third-order valence-electron chi connectivity index (χ3n) is 5.94. The molecule has 0 bridgehead atoms. The summed E-state index contributed by atoms with van der Waals surface area (Å²) in [5.41, 5.74) is 2.58. The minimum Gasteiger partial charge on any atom is -0.497 e. The molecule has 3 rings (SSSR count). The van der Waals surface area contributed by atoms with Crippen LogP contribution in [0.2, 0.25) is 0 Å². The summed E-state index contributed by atoms with van der Waals surface area (Å²) < 4.78 is 5.28. The van der Waals surface area contributed by atoms with Gasteiger partial charge < -0.3 is 15.4 Å². The first-order chi connectivity index (χ1) is 14.4. The maximum atomic E-state index is 13.5. The molecule has 0 aromatic heterocycles. The zero-order valence-corrected chi connectivity index (χ0v) is 18.4. The maximum absolute atomic E-state index is 13.5. The van der Waals surface area contributed by atoms with Gasteiger partial charge in [0.15, 0.2) is 0 Å². The van der Waals surface area contributed by atoms with Gasteiger partial charge in [0.05, 0.1) is 12.5 Å². The van der Waals surface area contributed by atoms with Crippen LogP contribution in [0.1, 0.15) is 67.4 Å². The number of ether oxygens (including phenoxy) is 1. The number of rotatable bonds is 6. The lowest BCUT2D eigenvalue weighted by atomic mass is 9.68. The summed E-state index contributed by atoms with van der Waals surface area (Å²) >= 11 is 0. The number of hydrogen-bond donors (Lipinski definition) is 2. The van der Waals surface area contributed by atoms with E-state index in [0.717, 1.165) is 49.0 Å². The Kier molecular flexibility index (Phi) is 6.80. The fourth-order valence-electron chi connectivity index (χ4n) is 4.25. The third-order valence-corrected chi connectivity index (χ3v) is 5.94. The van der Waals surface area contributed by atoms with Crippen LogP contribution in [0, 0.1) is 6.92 Å². The van der Waals surface area contributed by atoms with Gasteiger partial charge in [-0.05, 0) is 69.0 Å². The van der Waals surface area contributed by atoms with E-state index < -0.39 is 5.41 Å². The molecule has 5 nitrogen and oxygen atoms in total. The van der Waals surface area contributed by atoms with Crippen LogP contribution >= 0.6 is 0 Å². The van der Waals surface area contributed by atoms with Crippen LogP contribution in [0.25, 0.3) is 0 Å². The normalized spacial score (nSPS) is 15.5. The van der Waals surface area contributed by atoms with Crippen LogP contribution in [-0.2, 0) is 10.2 Å². The van der Waals surface area contributed by atoms with E-state index in [1.165, 1.54) is 0 Å². The number of anilines is 1. The lowest BCUT2D eigenvalue weighted by Gasteiger charge is -2.36. The maximum Gasteiger partial charge on any atom is 0.251 e. The van der Waals surface area contributed by atoms with Gasteiger partial charge in [0.1, 0.15) is 5.75 Å². The largest absolute Gasteiger partial charge is 0.497 e. The molecule has 2 N–H and O–H groups in total. The first kappa shape index (κ1) is 21.9. The summed E-state index contributed by atoms with van der Waals surface area (Å²) in [5, 5.41) is 6.03. The number of carbonyl (C=O) groups is 2. The second-order valence-corrected chi connectivity index (χ2v) is 8.48. The highest BCUT2D eigenvalue weighted by Crippen LogP contribution is 2.41. The zero-order valence-electron chi connectivity index (χ0n) is 18.4. The van der Waals surface area contributed by atoms with E-state index >= 15 is 0 Å². The van der Waals surface area contributed by atoms with E-state index in [4.69, 9.17) is 4.74 Å². The van der Waals surface area contributed by atoms with E-state index in [2.05, 4.69) is 10.6 Å². The van der Waals surface area contributed by atoms with Crippen molar-refractivity contribution < 1.29 is 14.3 Å². The molecule has 2 amide bonds. The summed E-state index contributed by atoms with van der Waals surface area (Å²) in [7, 11) is 1.64. The molecule has 0 unspecified atom stereocenters. The van der Waals surface area contributed by atoms with Gasteiger partial charge in [-0.25, -0.2) is 0 Å².